The molecule has 0 fully saturated rings. The van der Waals surface area contributed by atoms with Gasteiger partial charge in [0.15, 0.2) is 0 Å². The van der Waals surface area contributed by atoms with Crippen molar-refractivity contribution >= 4 is 5.97 Å². The Hall–Kier alpha value is -2.44. The fourth-order valence-electron chi connectivity index (χ4n) is 1.40. The van der Waals surface area contributed by atoms with Crippen molar-refractivity contribution in [3.63, 3.8) is 0 Å². The number of carboxylic acid groups (broad SMARTS) is 1. The van der Waals surface area contributed by atoms with Gasteiger partial charge in [-0.1, -0.05) is 18.3 Å². The van der Waals surface area contributed by atoms with Crippen LogP contribution in [0.2, 0.25) is 0 Å². The molecule has 0 saturated carbocycles. The van der Waals surface area contributed by atoms with E-state index in [-0.39, 0.29) is 25.8 Å². The van der Waals surface area contributed by atoms with E-state index >= 15 is 0 Å². The maximum Gasteiger partial charge on any atom is 0.354 e. The first-order valence-electron chi connectivity index (χ1n) is 5.88. The van der Waals surface area contributed by atoms with Gasteiger partial charge in [-0.3, -0.25) is 4.98 Å². The van der Waals surface area contributed by atoms with Crippen LogP contribution in [0.1, 0.15) is 10.5 Å². The van der Waals surface area contributed by atoms with Gasteiger partial charge < -0.3 is 15.1 Å². The van der Waals surface area contributed by atoms with Crippen LogP contribution in [0.5, 0.6) is 0 Å². The second kappa shape index (κ2) is 8.76. The molecule has 0 aliphatic rings. The number of hydrogen-bond donors (Lipinski definition) is 1. The molecular formula is C14H10FIrN4O2-. The minimum Gasteiger partial charge on any atom is -0.477 e. The molecule has 0 aromatic carbocycles. The third-order valence-electron chi connectivity index (χ3n) is 2.32. The summed E-state index contributed by atoms with van der Waals surface area (Å²) in [5, 5.41) is 8.32. The van der Waals surface area contributed by atoms with Gasteiger partial charge in [-0.05, 0) is 30.0 Å². The number of nitrogens with zero attached hydrogens (tertiary/aromatic N) is 4. The summed E-state index contributed by atoms with van der Waals surface area (Å²) in [4.78, 5) is 24.6. The molecule has 22 heavy (non-hydrogen) atoms. The summed E-state index contributed by atoms with van der Waals surface area (Å²) in [6, 6.07) is 10.1. The molecule has 3 aromatic heterocycles. The van der Waals surface area contributed by atoms with Gasteiger partial charge in [-0.25, -0.2) is 14.2 Å². The number of aromatic carboxylic acids is 1. The van der Waals surface area contributed by atoms with Gasteiger partial charge >= 0.3 is 5.97 Å². The van der Waals surface area contributed by atoms with Crippen LogP contribution < -0.4 is 4.98 Å². The van der Waals surface area contributed by atoms with Crippen molar-refractivity contribution in [2.45, 2.75) is 0 Å². The standard InChI is InChI=1S/C8H5FN3.C6H5NO2.Ir/c9-8-11-5-7(12-8)6-3-1-2-4-10-6;8-6(9)5-3-1-2-4-7-5;/h1-5H;1-4H,(H,8,9);/q-1;;. The zero-order valence-electron chi connectivity index (χ0n) is 11.1. The maximum absolute atomic E-state index is 12.4. The Kier molecular flexibility index (Phi) is 7.01. The molecule has 0 bridgehead atoms. The Morgan fingerprint density at radius 2 is 1.73 bits per heavy atom. The summed E-state index contributed by atoms with van der Waals surface area (Å²) in [5.74, 6) is -0.990. The van der Waals surface area contributed by atoms with Crippen molar-refractivity contribution in [3.8, 4) is 11.4 Å². The Bertz CT molecular complexity index is 707. The maximum atomic E-state index is 12.4. The number of pyridine rings is 2. The van der Waals surface area contributed by atoms with Crippen molar-refractivity contribution in [2.75, 3.05) is 0 Å². The van der Waals surface area contributed by atoms with E-state index in [0.29, 0.717) is 11.4 Å². The zero-order valence-corrected chi connectivity index (χ0v) is 13.4. The predicted octanol–water partition coefficient (Wildman–Crippen LogP) is 2.02. The van der Waals surface area contributed by atoms with Gasteiger partial charge in [-0.15, -0.1) is 0 Å². The molecule has 1 radical (unpaired) electrons. The largest absolute Gasteiger partial charge is 0.477 e. The van der Waals surface area contributed by atoms with Crippen molar-refractivity contribution in [3.05, 3.63) is 66.8 Å². The minimum absolute atomic E-state index is 0. The molecule has 0 aliphatic carbocycles. The first kappa shape index (κ1) is 17.6. The third kappa shape index (κ3) is 5.16. The van der Waals surface area contributed by atoms with Crippen LogP contribution >= 0.6 is 0 Å². The first-order chi connectivity index (χ1) is 10.2. The number of aromatic nitrogens is 4. The predicted molar refractivity (Wildman–Crippen MR) is 71.9 cm³/mol. The van der Waals surface area contributed by atoms with E-state index in [1.54, 1.807) is 30.5 Å². The van der Waals surface area contributed by atoms with Crippen LogP contribution in [0.25, 0.3) is 11.4 Å². The molecule has 0 atom stereocenters. The molecule has 3 rings (SSSR count). The van der Waals surface area contributed by atoms with Gasteiger partial charge in [-0.2, -0.15) is 0 Å². The summed E-state index contributed by atoms with van der Waals surface area (Å²) in [6.45, 7) is 0. The van der Waals surface area contributed by atoms with Gasteiger partial charge in [0.1, 0.15) is 11.8 Å². The van der Waals surface area contributed by atoms with E-state index in [0.717, 1.165) is 0 Å². The quantitative estimate of drug-likeness (QED) is 0.608. The normalized spacial score (nSPS) is 9.14. The van der Waals surface area contributed by atoms with E-state index < -0.39 is 12.0 Å². The second-order valence-corrected chi connectivity index (χ2v) is 3.76. The summed E-state index contributed by atoms with van der Waals surface area (Å²) >= 11 is 0. The van der Waals surface area contributed by atoms with Crippen molar-refractivity contribution in [1.29, 1.82) is 0 Å². The van der Waals surface area contributed by atoms with Gasteiger partial charge in [0.25, 0.3) is 0 Å². The number of imidazole rings is 1. The number of rotatable bonds is 2. The Morgan fingerprint density at radius 3 is 2.14 bits per heavy atom. The van der Waals surface area contributed by atoms with Crippen LogP contribution in [-0.4, -0.2) is 26.0 Å². The van der Waals surface area contributed by atoms with Crippen LogP contribution in [0, 0.1) is 6.08 Å². The smallest absolute Gasteiger partial charge is 0.354 e. The van der Waals surface area contributed by atoms with Crippen molar-refractivity contribution in [1.82, 2.24) is 19.9 Å². The Balaban J connectivity index is 0.000000219. The number of hydrogen-bond acceptors (Lipinski definition) is 4. The molecule has 115 valence electrons. The van der Waals surface area contributed by atoms with Gasteiger partial charge in [0.05, 0.1) is 5.69 Å². The fourth-order valence-corrected chi connectivity index (χ4v) is 1.40. The summed E-state index contributed by atoms with van der Waals surface area (Å²) in [7, 11) is 0. The Morgan fingerprint density at radius 1 is 1.05 bits per heavy atom. The summed E-state index contributed by atoms with van der Waals surface area (Å²) < 4.78 is 12.4. The first-order valence-corrected chi connectivity index (χ1v) is 5.88. The van der Waals surface area contributed by atoms with E-state index in [4.69, 9.17) is 5.11 Å². The molecule has 0 aliphatic heterocycles. The second-order valence-electron chi connectivity index (χ2n) is 3.76. The minimum atomic E-state index is -0.990. The van der Waals surface area contributed by atoms with Crippen LogP contribution in [0.15, 0.2) is 55.0 Å². The number of halogens is 1. The SMILES string of the molecule is Fc1ncc(-c2ccccn2)[n-]1.O=C(O)c1ccccn1.[Ir]. The van der Waals surface area contributed by atoms with Gasteiger partial charge in [0, 0.05) is 32.5 Å². The molecular weight excluding hydrogens is 467 g/mol. The monoisotopic (exact) mass is 478 g/mol. The molecule has 8 heteroatoms. The van der Waals surface area contributed by atoms with E-state index in [1.165, 1.54) is 18.5 Å². The average molecular weight is 477 g/mol. The summed E-state index contributed by atoms with van der Waals surface area (Å²) in [6.07, 6.45) is 3.72. The van der Waals surface area contributed by atoms with Crippen LogP contribution in [0.4, 0.5) is 4.39 Å². The van der Waals surface area contributed by atoms with E-state index in [1.807, 2.05) is 6.07 Å². The fraction of sp³-hybridized carbons (Fsp3) is 0. The van der Waals surface area contributed by atoms with Crippen molar-refractivity contribution in [2.24, 2.45) is 0 Å². The molecule has 0 spiro atoms. The molecule has 0 amide bonds. The number of carbonyl (C=O) groups is 1. The van der Waals surface area contributed by atoms with Crippen LogP contribution in [-0.2, 0) is 20.1 Å². The molecule has 0 unspecified atom stereocenters. The summed E-state index contributed by atoms with van der Waals surface area (Å²) in [5.41, 5.74) is 1.18. The molecule has 0 saturated heterocycles. The van der Waals surface area contributed by atoms with Crippen molar-refractivity contribution < 1.29 is 34.4 Å². The molecule has 1 N–H and O–H groups in total. The number of carboxylic acids is 1. The molecule has 6 nitrogen and oxygen atoms in total. The van der Waals surface area contributed by atoms with Crippen LogP contribution in [0.3, 0.4) is 0 Å². The van der Waals surface area contributed by atoms with E-state index in [9.17, 15) is 9.18 Å². The van der Waals surface area contributed by atoms with E-state index in [2.05, 4.69) is 19.9 Å². The third-order valence-corrected chi connectivity index (χ3v) is 2.32. The average Bonchev–Trinajstić information content (AvgIpc) is 2.96. The topological polar surface area (TPSA) is 90.1 Å². The van der Waals surface area contributed by atoms with Gasteiger partial charge in [0.2, 0.25) is 0 Å². The Labute approximate surface area is 138 Å². The molecule has 3 aromatic rings. The molecule has 3 heterocycles. The zero-order chi connectivity index (χ0) is 15.1.